The van der Waals surface area contributed by atoms with Crippen molar-refractivity contribution in [2.75, 3.05) is 0 Å². The number of hydrogen-bond donors (Lipinski definition) is 1. The lowest BCUT2D eigenvalue weighted by atomic mass is 10.1. The molecule has 1 N–H and O–H groups in total. The third kappa shape index (κ3) is 4.46. The number of rotatable bonds is 6. The lowest BCUT2D eigenvalue weighted by Crippen LogP contribution is -2.27. The smallest absolute Gasteiger partial charge is 0.238 e. The lowest BCUT2D eigenvalue weighted by Gasteiger charge is -2.17. The molecule has 1 aromatic heterocycles. The standard InChI is InChI=1S/C20H18N2OS/c23-20(22-15-17-11-7-8-14-21-17)19(16-9-3-1-4-10-16)24-18-12-5-2-6-13-18/h1-14,19H,15H2,(H,22,23)/t19-/m0/s1. The van der Waals surface area contributed by atoms with Crippen molar-refractivity contribution in [1.82, 2.24) is 10.3 Å². The molecule has 3 aromatic rings. The van der Waals surface area contributed by atoms with Crippen molar-refractivity contribution in [3.8, 4) is 0 Å². The molecule has 0 aliphatic carbocycles. The molecule has 3 rings (SSSR count). The fourth-order valence-corrected chi connectivity index (χ4v) is 3.38. The van der Waals surface area contributed by atoms with Crippen LogP contribution < -0.4 is 5.32 Å². The third-order valence-corrected chi connectivity index (χ3v) is 4.77. The van der Waals surface area contributed by atoms with Gasteiger partial charge in [0.05, 0.1) is 12.2 Å². The monoisotopic (exact) mass is 334 g/mol. The number of nitrogens with zero attached hydrogens (tertiary/aromatic N) is 1. The molecular formula is C20H18N2OS. The number of carbonyl (C=O) groups is 1. The van der Waals surface area contributed by atoms with E-state index < -0.39 is 0 Å². The van der Waals surface area contributed by atoms with Crippen LogP contribution in [0.1, 0.15) is 16.5 Å². The Bertz CT molecular complexity index is 763. The molecule has 2 aromatic carbocycles. The van der Waals surface area contributed by atoms with Crippen LogP contribution in [0.2, 0.25) is 0 Å². The Morgan fingerprint density at radius 1 is 0.917 bits per heavy atom. The third-order valence-electron chi connectivity index (χ3n) is 3.51. The van der Waals surface area contributed by atoms with Crippen molar-refractivity contribution in [3.05, 3.63) is 96.3 Å². The molecule has 0 aliphatic rings. The number of nitrogens with one attached hydrogen (secondary N) is 1. The Morgan fingerprint density at radius 3 is 2.25 bits per heavy atom. The lowest BCUT2D eigenvalue weighted by molar-refractivity contribution is -0.120. The number of benzene rings is 2. The Kier molecular flexibility index (Phi) is 5.64. The predicted molar refractivity (Wildman–Crippen MR) is 97.6 cm³/mol. The van der Waals surface area contributed by atoms with Crippen LogP contribution in [0.25, 0.3) is 0 Å². The molecule has 0 fully saturated rings. The summed E-state index contributed by atoms with van der Waals surface area (Å²) < 4.78 is 0. The highest BCUT2D eigenvalue weighted by Crippen LogP contribution is 2.35. The first-order chi connectivity index (χ1) is 11.8. The molecular weight excluding hydrogens is 316 g/mol. The molecule has 0 radical (unpaired) electrons. The van der Waals surface area contributed by atoms with Crippen molar-refractivity contribution in [2.45, 2.75) is 16.7 Å². The summed E-state index contributed by atoms with van der Waals surface area (Å²) in [5.74, 6) is -0.0132. The Labute approximate surface area is 146 Å². The highest BCUT2D eigenvalue weighted by Gasteiger charge is 2.21. The fourth-order valence-electron chi connectivity index (χ4n) is 2.31. The van der Waals surface area contributed by atoms with Crippen molar-refractivity contribution in [1.29, 1.82) is 0 Å². The van der Waals surface area contributed by atoms with Crippen LogP contribution in [0.5, 0.6) is 0 Å². The van der Waals surface area contributed by atoms with E-state index in [2.05, 4.69) is 10.3 Å². The molecule has 0 spiro atoms. The molecule has 120 valence electrons. The van der Waals surface area contributed by atoms with E-state index in [1.807, 2.05) is 78.9 Å². The van der Waals surface area contributed by atoms with Gasteiger partial charge in [-0.3, -0.25) is 9.78 Å². The topological polar surface area (TPSA) is 42.0 Å². The van der Waals surface area contributed by atoms with Crippen LogP contribution in [0, 0.1) is 0 Å². The SMILES string of the molecule is O=C(NCc1ccccn1)[C@@H](Sc1ccccc1)c1ccccc1. The first kappa shape index (κ1) is 16.3. The Morgan fingerprint density at radius 2 is 1.58 bits per heavy atom. The minimum absolute atomic E-state index is 0.0132. The van der Waals surface area contributed by atoms with Crippen molar-refractivity contribution in [3.63, 3.8) is 0 Å². The van der Waals surface area contributed by atoms with Crippen LogP contribution in [-0.2, 0) is 11.3 Å². The second kappa shape index (κ2) is 8.31. The van der Waals surface area contributed by atoms with E-state index in [4.69, 9.17) is 0 Å². The van der Waals surface area contributed by atoms with E-state index in [0.29, 0.717) is 6.54 Å². The van der Waals surface area contributed by atoms with Gasteiger partial charge in [0.15, 0.2) is 0 Å². The maximum Gasteiger partial charge on any atom is 0.238 e. The van der Waals surface area contributed by atoms with Gasteiger partial charge < -0.3 is 5.32 Å². The van der Waals surface area contributed by atoms with Gasteiger partial charge in [0.2, 0.25) is 5.91 Å². The number of aromatic nitrogens is 1. The number of amides is 1. The van der Waals surface area contributed by atoms with Crippen LogP contribution in [0.3, 0.4) is 0 Å². The normalized spacial score (nSPS) is 11.7. The molecule has 0 saturated carbocycles. The second-order valence-electron chi connectivity index (χ2n) is 5.26. The predicted octanol–water partition coefficient (Wildman–Crippen LogP) is 4.23. The molecule has 1 amide bonds. The fraction of sp³-hybridized carbons (Fsp3) is 0.100. The minimum Gasteiger partial charge on any atom is -0.349 e. The number of pyridine rings is 1. The average molecular weight is 334 g/mol. The highest BCUT2D eigenvalue weighted by molar-refractivity contribution is 8.00. The minimum atomic E-state index is -0.294. The summed E-state index contributed by atoms with van der Waals surface area (Å²) in [5, 5.41) is 2.70. The maximum absolute atomic E-state index is 12.8. The van der Waals surface area contributed by atoms with Gasteiger partial charge in [-0.25, -0.2) is 0 Å². The summed E-state index contributed by atoms with van der Waals surface area (Å²) in [6, 6.07) is 25.5. The van der Waals surface area contributed by atoms with Gasteiger partial charge >= 0.3 is 0 Å². The molecule has 1 heterocycles. The van der Waals surface area contributed by atoms with E-state index in [1.54, 1.807) is 18.0 Å². The molecule has 0 unspecified atom stereocenters. The van der Waals surface area contributed by atoms with Gasteiger partial charge in [-0.2, -0.15) is 0 Å². The number of carbonyl (C=O) groups excluding carboxylic acids is 1. The van der Waals surface area contributed by atoms with E-state index in [-0.39, 0.29) is 11.2 Å². The van der Waals surface area contributed by atoms with Crippen molar-refractivity contribution < 1.29 is 4.79 Å². The molecule has 24 heavy (non-hydrogen) atoms. The van der Waals surface area contributed by atoms with Gasteiger partial charge in [-0.1, -0.05) is 54.6 Å². The van der Waals surface area contributed by atoms with Crippen LogP contribution in [0.15, 0.2) is 90.0 Å². The van der Waals surface area contributed by atoms with Gasteiger partial charge in [0, 0.05) is 11.1 Å². The van der Waals surface area contributed by atoms with Gasteiger partial charge in [-0.05, 0) is 29.8 Å². The summed E-state index contributed by atoms with van der Waals surface area (Å²) in [4.78, 5) is 18.1. The summed E-state index contributed by atoms with van der Waals surface area (Å²) in [6.45, 7) is 0.429. The highest BCUT2D eigenvalue weighted by atomic mass is 32.2. The zero-order chi connectivity index (χ0) is 16.6. The quantitative estimate of drug-likeness (QED) is 0.686. The Balaban J connectivity index is 1.75. The maximum atomic E-state index is 12.8. The zero-order valence-electron chi connectivity index (χ0n) is 13.1. The van der Waals surface area contributed by atoms with Crippen LogP contribution in [0.4, 0.5) is 0 Å². The van der Waals surface area contributed by atoms with Crippen molar-refractivity contribution in [2.24, 2.45) is 0 Å². The molecule has 4 heteroatoms. The number of hydrogen-bond acceptors (Lipinski definition) is 3. The van der Waals surface area contributed by atoms with E-state index in [0.717, 1.165) is 16.2 Å². The number of thioether (sulfide) groups is 1. The first-order valence-corrected chi connectivity index (χ1v) is 8.65. The molecule has 0 bridgehead atoms. The zero-order valence-corrected chi connectivity index (χ0v) is 13.9. The summed E-state index contributed by atoms with van der Waals surface area (Å²) in [7, 11) is 0. The van der Waals surface area contributed by atoms with Gasteiger partial charge in [0.1, 0.15) is 5.25 Å². The molecule has 0 saturated heterocycles. The van der Waals surface area contributed by atoms with E-state index >= 15 is 0 Å². The average Bonchev–Trinajstić information content (AvgIpc) is 2.66. The van der Waals surface area contributed by atoms with Crippen LogP contribution >= 0.6 is 11.8 Å². The van der Waals surface area contributed by atoms with Gasteiger partial charge in [-0.15, -0.1) is 11.8 Å². The van der Waals surface area contributed by atoms with Gasteiger partial charge in [0.25, 0.3) is 0 Å². The van der Waals surface area contributed by atoms with Crippen molar-refractivity contribution >= 4 is 17.7 Å². The first-order valence-electron chi connectivity index (χ1n) is 7.77. The van der Waals surface area contributed by atoms with E-state index in [9.17, 15) is 4.79 Å². The summed E-state index contributed by atoms with van der Waals surface area (Å²) in [6.07, 6.45) is 1.73. The summed E-state index contributed by atoms with van der Waals surface area (Å²) in [5.41, 5.74) is 1.84. The molecule has 3 nitrogen and oxygen atoms in total. The van der Waals surface area contributed by atoms with Crippen LogP contribution in [-0.4, -0.2) is 10.9 Å². The largest absolute Gasteiger partial charge is 0.349 e. The molecule has 0 aliphatic heterocycles. The van der Waals surface area contributed by atoms with E-state index in [1.165, 1.54) is 0 Å². The Hall–Kier alpha value is -2.59. The summed E-state index contributed by atoms with van der Waals surface area (Å²) >= 11 is 1.55. The second-order valence-corrected chi connectivity index (χ2v) is 6.44. The molecule has 1 atom stereocenters.